The van der Waals surface area contributed by atoms with Crippen molar-refractivity contribution in [2.45, 2.75) is 12.8 Å². The summed E-state index contributed by atoms with van der Waals surface area (Å²) in [5, 5.41) is 3.97. The molecule has 1 fully saturated rings. The number of rotatable bonds is 3. The molecule has 2 N–H and O–H groups in total. The van der Waals surface area contributed by atoms with Gasteiger partial charge in [-0.3, -0.25) is 9.59 Å². The number of nitrogens with one attached hydrogen (secondary N) is 2. The highest BCUT2D eigenvalue weighted by atomic mass is 79.9. The summed E-state index contributed by atoms with van der Waals surface area (Å²) in [7, 11) is 0. The number of halogens is 1. The van der Waals surface area contributed by atoms with Gasteiger partial charge in [0.2, 0.25) is 5.91 Å². The molecule has 0 saturated carbocycles. The summed E-state index contributed by atoms with van der Waals surface area (Å²) in [6.45, 7) is 1.12. The molecule has 1 aromatic heterocycles. The van der Waals surface area contributed by atoms with Crippen molar-refractivity contribution in [3.05, 3.63) is 64.8 Å². The molecule has 0 radical (unpaired) electrons. The zero-order chi connectivity index (χ0) is 18.8. The average molecular weight is 426 g/mol. The fourth-order valence-corrected chi connectivity index (χ4v) is 3.78. The van der Waals surface area contributed by atoms with Crippen LogP contribution >= 0.6 is 15.9 Å². The van der Waals surface area contributed by atoms with Crippen LogP contribution in [0.2, 0.25) is 0 Å². The van der Waals surface area contributed by atoms with Gasteiger partial charge >= 0.3 is 0 Å². The predicted octanol–water partition coefficient (Wildman–Crippen LogP) is 4.42. The van der Waals surface area contributed by atoms with Gasteiger partial charge in [0.1, 0.15) is 5.69 Å². The number of aromatic amines is 1. The lowest BCUT2D eigenvalue weighted by molar-refractivity contribution is -0.121. The van der Waals surface area contributed by atoms with Crippen molar-refractivity contribution in [2.75, 3.05) is 18.4 Å². The summed E-state index contributed by atoms with van der Waals surface area (Å²) in [5.41, 5.74) is 2.29. The number of anilines is 1. The molecule has 138 valence electrons. The van der Waals surface area contributed by atoms with Crippen LogP contribution in [0.15, 0.2) is 59.1 Å². The van der Waals surface area contributed by atoms with Crippen LogP contribution < -0.4 is 5.32 Å². The Balaban J connectivity index is 1.44. The minimum atomic E-state index is -0.198. The third-order valence-corrected chi connectivity index (χ3v) is 5.48. The highest BCUT2D eigenvalue weighted by molar-refractivity contribution is 9.10. The first kappa shape index (κ1) is 17.8. The number of nitrogens with zero attached hydrogens (tertiary/aromatic N) is 1. The van der Waals surface area contributed by atoms with Crippen LogP contribution in [0.25, 0.3) is 10.9 Å². The number of H-pyrrole nitrogens is 1. The first-order valence-electron chi connectivity index (χ1n) is 9.03. The lowest BCUT2D eigenvalue weighted by atomic mass is 9.96. The van der Waals surface area contributed by atoms with E-state index in [2.05, 4.69) is 26.2 Å². The fourth-order valence-electron chi connectivity index (χ4n) is 3.51. The van der Waals surface area contributed by atoms with Crippen LogP contribution in [-0.4, -0.2) is 34.8 Å². The van der Waals surface area contributed by atoms with Crippen LogP contribution in [0, 0.1) is 5.92 Å². The lowest BCUT2D eigenvalue weighted by Gasteiger charge is -2.31. The van der Waals surface area contributed by atoms with E-state index in [1.807, 2.05) is 54.6 Å². The minimum Gasteiger partial charge on any atom is -0.351 e. The second-order valence-electron chi connectivity index (χ2n) is 6.86. The van der Waals surface area contributed by atoms with Crippen LogP contribution in [0.1, 0.15) is 23.3 Å². The Morgan fingerprint density at radius 1 is 1.11 bits per heavy atom. The maximum atomic E-state index is 12.9. The zero-order valence-electron chi connectivity index (χ0n) is 14.7. The Morgan fingerprint density at radius 2 is 1.89 bits per heavy atom. The summed E-state index contributed by atoms with van der Waals surface area (Å²) in [5.74, 6) is -0.283. The maximum absolute atomic E-state index is 12.9. The summed E-state index contributed by atoms with van der Waals surface area (Å²) >= 11 is 3.39. The first-order chi connectivity index (χ1) is 13.1. The van der Waals surface area contributed by atoms with E-state index >= 15 is 0 Å². The number of hydrogen-bond donors (Lipinski definition) is 2. The molecule has 27 heavy (non-hydrogen) atoms. The van der Waals surface area contributed by atoms with Crippen molar-refractivity contribution in [3.63, 3.8) is 0 Å². The van der Waals surface area contributed by atoms with Crippen LogP contribution in [-0.2, 0) is 4.79 Å². The molecule has 1 atom stereocenters. The van der Waals surface area contributed by atoms with Crippen LogP contribution in [0.3, 0.4) is 0 Å². The topological polar surface area (TPSA) is 65.2 Å². The van der Waals surface area contributed by atoms with Crippen molar-refractivity contribution in [1.29, 1.82) is 0 Å². The largest absolute Gasteiger partial charge is 0.351 e. The van der Waals surface area contributed by atoms with Gasteiger partial charge in [-0.15, -0.1) is 0 Å². The quantitative estimate of drug-likeness (QED) is 0.651. The second kappa shape index (κ2) is 7.56. The molecule has 2 heterocycles. The number of hydrogen-bond acceptors (Lipinski definition) is 2. The van der Waals surface area contributed by atoms with Gasteiger partial charge in [0.05, 0.1) is 5.92 Å². The standard InChI is InChI=1S/C21H20BrN3O2/c22-16-7-9-17(10-8-16)23-20(26)15-5-3-11-25(13-15)21(27)19-12-14-4-1-2-6-18(14)24-19/h1-2,4,6-10,12,15,24H,3,5,11,13H2,(H,23,26)/t15-/m0/s1. The van der Waals surface area contributed by atoms with E-state index in [0.717, 1.165) is 33.9 Å². The molecule has 1 aliphatic heterocycles. The Kier molecular flexibility index (Phi) is 4.99. The van der Waals surface area contributed by atoms with Crippen molar-refractivity contribution in [1.82, 2.24) is 9.88 Å². The third-order valence-electron chi connectivity index (χ3n) is 4.95. The Morgan fingerprint density at radius 3 is 2.67 bits per heavy atom. The first-order valence-corrected chi connectivity index (χ1v) is 9.83. The number of amides is 2. The van der Waals surface area contributed by atoms with Crippen LogP contribution in [0.4, 0.5) is 5.69 Å². The van der Waals surface area contributed by atoms with Gasteiger partial charge in [-0.05, 0) is 49.2 Å². The van der Waals surface area contributed by atoms with Gasteiger partial charge in [0.15, 0.2) is 0 Å². The van der Waals surface area contributed by atoms with E-state index in [4.69, 9.17) is 0 Å². The predicted molar refractivity (Wildman–Crippen MR) is 110 cm³/mol. The smallest absolute Gasteiger partial charge is 0.270 e. The minimum absolute atomic E-state index is 0.0357. The van der Waals surface area contributed by atoms with Gasteiger partial charge in [-0.25, -0.2) is 0 Å². The number of para-hydroxylation sites is 1. The monoisotopic (exact) mass is 425 g/mol. The van der Waals surface area contributed by atoms with Gasteiger partial charge in [-0.2, -0.15) is 0 Å². The lowest BCUT2D eigenvalue weighted by Crippen LogP contribution is -2.43. The normalized spacial score (nSPS) is 17.1. The molecular formula is C21H20BrN3O2. The summed E-state index contributed by atoms with van der Waals surface area (Å²) in [6.07, 6.45) is 1.61. The second-order valence-corrected chi connectivity index (χ2v) is 7.77. The molecule has 5 nitrogen and oxygen atoms in total. The number of aromatic nitrogens is 1. The van der Waals surface area contributed by atoms with E-state index in [-0.39, 0.29) is 17.7 Å². The number of carbonyl (C=O) groups excluding carboxylic acids is 2. The Labute approximate surface area is 165 Å². The molecule has 1 saturated heterocycles. The van der Waals surface area contributed by atoms with Crippen molar-refractivity contribution >= 4 is 44.3 Å². The summed E-state index contributed by atoms with van der Waals surface area (Å²) < 4.78 is 0.966. The molecule has 6 heteroatoms. The molecule has 2 amide bonds. The van der Waals surface area contributed by atoms with E-state index in [1.54, 1.807) is 4.90 Å². The molecule has 4 rings (SSSR count). The van der Waals surface area contributed by atoms with E-state index in [0.29, 0.717) is 18.8 Å². The van der Waals surface area contributed by atoms with Crippen molar-refractivity contribution in [2.24, 2.45) is 5.92 Å². The van der Waals surface area contributed by atoms with E-state index < -0.39 is 0 Å². The molecule has 2 aromatic carbocycles. The average Bonchev–Trinajstić information content (AvgIpc) is 3.13. The number of likely N-dealkylation sites (tertiary alicyclic amines) is 1. The highest BCUT2D eigenvalue weighted by Gasteiger charge is 2.29. The molecule has 0 spiro atoms. The van der Waals surface area contributed by atoms with Crippen LogP contribution in [0.5, 0.6) is 0 Å². The van der Waals surface area contributed by atoms with Gasteiger partial charge < -0.3 is 15.2 Å². The fraction of sp³-hybridized carbons (Fsp3) is 0.238. The third kappa shape index (κ3) is 3.90. The zero-order valence-corrected chi connectivity index (χ0v) is 16.3. The van der Waals surface area contributed by atoms with Crippen molar-refractivity contribution in [3.8, 4) is 0 Å². The Bertz CT molecular complexity index is 948. The number of benzene rings is 2. The highest BCUT2D eigenvalue weighted by Crippen LogP contribution is 2.23. The van der Waals surface area contributed by atoms with Crippen molar-refractivity contribution < 1.29 is 9.59 Å². The number of carbonyl (C=O) groups is 2. The Hall–Kier alpha value is -2.60. The summed E-state index contributed by atoms with van der Waals surface area (Å²) in [6, 6.07) is 17.2. The van der Waals surface area contributed by atoms with Gasteiger partial charge in [-0.1, -0.05) is 34.1 Å². The van der Waals surface area contributed by atoms with Gasteiger partial charge in [0.25, 0.3) is 5.91 Å². The molecule has 1 aliphatic rings. The SMILES string of the molecule is O=C(Nc1ccc(Br)cc1)[C@H]1CCCN(C(=O)c2cc3ccccc3[nH]2)C1. The molecule has 3 aromatic rings. The summed E-state index contributed by atoms with van der Waals surface area (Å²) in [4.78, 5) is 30.5. The van der Waals surface area contributed by atoms with Gasteiger partial charge in [0, 0.05) is 34.2 Å². The molecule has 0 bridgehead atoms. The van der Waals surface area contributed by atoms with E-state index in [9.17, 15) is 9.59 Å². The molecule has 0 aliphatic carbocycles. The van der Waals surface area contributed by atoms with E-state index in [1.165, 1.54) is 0 Å². The maximum Gasteiger partial charge on any atom is 0.270 e. The molecule has 0 unspecified atom stereocenters. The number of piperidine rings is 1. The number of fused-ring (bicyclic) bond motifs is 1. The molecular weight excluding hydrogens is 406 g/mol.